The van der Waals surface area contributed by atoms with E-state index in [1.807, 2.05) is 32.0 Å². The summed E-state index contributed by atoms with van der Waals surface area (Å²) in [6.45, 7) is 3.77. The molecule has 1 aromatic carbocycles. The molecule has 2 N–H and O–H groups in total. The van der Waals surface area contributed by atoms with Crippen molar-refractivity contribution in [2.45, 2.75) is 13.8 Å². The van der Waals surface area contributed by atoms with E-state index < -0.39 is 5.97 Å². The summed E-state index contributed by atoms with van der Waals surface area (Å²) in [5.74, 6) is -0.368. The molecule has 2 rings (SSSR count). The Balaban J connectivity index is 2.46. The van der Waals surface area contributed by atoms with Crippen LogP contribution in [0.5, 0.6) is 5.75 Å². The number of carbonyl (C=O) groups is 1. The van der Waals surface area contributed by atoms with Gasteiger partial charge in [0.2, 0.25) is 0 Å². The predicted octanol–water partition coefficient (Wildman–Crippen LogP) is 3.15. The number of carboxylic acids is 1. The number of carboxylic acid groups (broad SMARTS) is 1. The molecule has 5 heteroatoms. The smallest absolute Gasteiger partial charge is 0.339 e. The Morgan fingerprint density at radius 1 is 1.25 bits per heavy atom. The van der Waals surface area contributed by atoms with Gasteiger partial charge in [-0.25, -0.2) is 4.79 Å². The maximum Gasteiger partial charge on any atom is 0.339 e. The number of aromatic nitrogens is 1. The minimum absolute atomic E-state index is 0.124. The quantitative estimate of drug-likeness (QED) is 0.894. The molecule has 0 saturated heterocycles. The van der Waals surface area contributed by atoms with Gasteiger partial charge in [0.05, 0.1) is 18.5 Å². The highest BCUT2D eigenvalue weighted by Gasteiger charge is 2.13. The summed E-state index contributed by atoms with van der Waals surface area (Å²) in [6, 6.07) is 7.37. The molecule has 0 bridgehead atoms. The Labute approximate surface area is 117 Å². The molecule has 0 aliphatic heterocycles. The van der Waals surface area contributed by atoms with Crippen molar-refractivity contribution in [2.24, 2.45) is 0 Å². The summed E-state index contributed by atoms with van der Waals surface area (Å²) < 4.78 is 5.28. The van der Waals surface area contributed by atoms with Gasteiger partial charge in [-0.1, -0.05) is 6.07 Å². The number of nitrogens with one attached hydrogen (secondary N) is 1. The fourth-order valence-corrected chi connectivity index (χ4v) is 1.90. The van der Waals surface area contributed by atoms with Gasteiger partial charge >= 0.3 is 5.97 Å². The molecule has 0 saturated carbocycles. The largest absolute Gasteiger partial charge is 0.495 e. The predicted molar refractivity (Wildman–Crippen MR) is 76.9 cm³/mol. The van der Waals surface area contributed by atoms with Gasteiger partial charge in [-0.15, -0.1) is 0 Å². The number of rotatable bonds is 4. The van der Waals surface area contributed by atoms with Gasteiger partial charge in [0, 0.05) is 11.9 Å². The van der Waals surface area contributed by atoms with Gasteiger partial charge in [0.15, 0.2) is 0 Å². The summed E-state index contributed by atoms with van der Waals surface area (Å²) >= 11 is 0. The Bertz CT molecular complexity index is 654. The molecule has 0 fully saturated rings. The lowest BCUT2D eigenvalue weighted by Gasteiger charge is -2.14. The first-order valence-electron chi connectivity index (χ1n) is 6.13. The van der Waals surface area contributed by atoms with Gasteiger partial charge in [0.1, 0.15) is 11.3 Å². The lowest BCUT2D eigenvalue weighted by Crippen LogP contribution is -2.05. The average Bonchev–Trinajstić information content (AvgIpc) is 2.38. The van der Waals surface area contributed by atoms with Crippen molar-refractivity contribution < 1.29 is 14.6 Å². The normalized spacial score (nSPS) is 10.2. The Morgan fingerprint density at radius 3 is 2.65 bits per heavy atom. The highest BCUT2D eigenvalue weighted by Crippen LogP contribution is 2.30. The summed E-state index contributed by atoms with van der Waals surface area (Å²) in [4.78, 5) is 15.2. The fourth-order valence-electron chi connectivity index (χ4n) is 1.90. The van der Waals surface area contributed by atoms with Gasteiger partial charge < -0.3 is 15.2 Å². The van der Waals surface area contributed by atoms with Gasteiger partial charge in [0.25, 0.3) is 0 Å². The van der Waals surface area contributed by atoms with E-state index in [2.05, 4.69) is 10.3 Å². The van der Waals surface area contributed by atoms with Gasteiger partial charge in [-0.3, -0.25) is 4.98 Å². The monoisotopic (exact) mass is 272 g/mol. The number of aromatic carboxylic acids is 1. The third kappa shape index (κ3) is 2.88. The minimum Gasteiger partial charge on any atom is -0.495 e. The highest BCUT2D eigenvalue weighted by atomic mass is 16.5. The third-order valence-electron chi connectivity index (χ3n) is 2.90. The lowest BCUT2D eigenvalue weighted by molar-refractivity contribution is 0.0697. The van der Waals surface area contributed by atoms with Crippen molar-refractivity contribution in [1.82, 2.24) is 4.98 Å². The summed E-state index contributed by atoms with van der Waals surface area (Å²) in [5, 5.41) is 12.3. The number of ether oxygens (including phenoxy) is 1. The molecule has 0 amide bonds. The van der Waals surface area contributed by atoms with Crippen LogP contribution in [-0.2, 0) is 0 Å². The van der Waals surface area contributed by atoms with E-state index in [1.54, 1.807) is 13.2 Å². The van der Waals surface area contributed by atoms with Crippen molar-refractivity contribution in [3.05, 3.63) is 47.3 Å². The molecule has 0 atom stereocenters. The second kappa shape index (κ2) is 5.61. The molecule has 2 aromatic rings. The molecule has 104 valence electrons. The Kier molecular flexibility index (Phi) is 3.89. The number of methoxy groups -OCH3 is 1. The van der Waals surface area contributed by atoms with Crippen LogP contribution in [0.15, 0.2) is 30.5 Å². The van der Waals surface area contributed by atoms with E-state index >= 15 is 0 Å². The minimum atomic E-state index is -1.02. The van der Waals surface area contributed by atoms with Crippen LogP contribution in [-0.4, -0.2) is 23.2 Å². The summed E-state index contributed by atoms with van der Waals surface area (Å²) in [5.41, 5.74) is 3.13. The maximum atomic E-state index is 11.2. The van der Waals surface area contributed by atoms with E-state index in [-0.39, 0.29) is 5.56 Å². The number of aryl methyl sites for hydroxylation is 2. The molecular formula is C15H16N2O3. The summed E-state index contributed by atoms with van der Waals surface area (Å²) in [6.07, 6.45) is 1.35. The Hall–Kier alpha value is -2.56. The SMILES string of the molecule is COc1ccc(C)cc1Nc1cc(C)ncc1C(=O)O. The van der Waals surface area contributed by atoms with Crippen LogP contribution in [0, 0.1) is 13.8 Å². The second-order valence-electron chi connectivity index (χ2n) is 4.51. The zero-order valence-electron chi connectivity index (χ0n) is 11.6. The van der Waals surface area contributed by atoms with Crippen molar-refractivity contribution in [3.8, 4) is 5.75 Å². The van der Waals surface area contributed by atoms with E-state index in [0.29, 0.717) is 11.4 Å². The summed E-state index contributed by atoms with van der Waals surface area (Å²) in [7, 11) is 1.58. The first-order chi connectivity index (χ1) is 9.51. The molecule has 0 unspecified atom stereocenters. The molecule has 5 nitrogen and oxygen atoms in total. The van der Waals surface area contributed by atoms with E-state index in [9.17, 15) is 9.90 Å². The van der Waals surface area contributed by atoms with Crippen LogP contribution in [0.3, 0.4) is 0 Å². The number of hydrogen-bond donors (Lipinski definition) is 2. The number of nitrogens with zero attached hydrogens (tertiary/aromatic N) is 1. The molecular weight excluding hydrogens is 256 g/mol. The number of hydrogen-bond acceptors (Lipinski definition) is 4. The van der Waals surface area contributed by atoms with Crippen LogP contribution in [0.2, 0.25) is 0 Å². The molecule has 0 aliphatic carbocycles. The van der Waals surface area contributed by atoms with Crippen molar-refractivity contribution in [1.29, 1.82) is 0 Å². The third-order valence-corrected chi connectivity index (χ3v) is 2.90. The molecule has 20 heavy (non-hydrogen) atoms. The van der Waals surface area contributed by atoms with Crippen LogP contribution in [0.1, 0.15) is 21.6 Å². The molecule has 0 aliphatic rings. The number of benzene rings is 1. The first kappa shape index (κ1) is 13.9. The van der Waals surface area contributed by atoms with E-state index in [0.717, 1.165) is 16.9 Å². The van der Waals surface area contributed by atoms with Gasteiger partial charge in [-0.2, -0.15) is 0 Å². The van der Waals surface area contributed by atoms with Crippen molar-refractivity contribution in [2.75, 3.05) is 12.4 Å². The van der Waals surface area contributed by atoms with E-state index in [4.69, 9.17) is 4.74 Å². The van der Waals surface area contributed by atoms with Crippen LogP contribution in [0.25, 0.3) is 0 Å². The van der Waals surface area contributed by atoms with E-state index in [1.165, 1.54) is 6.20 Å². The standard InChI is InChI=1S/C15H16N2O3/c1-9-4-5-14(20-3)13(6-9)17-12-7-10(2)16-8-11(12)15(18)19/h4-8H,1-3H3,(H,16,17)(H,18,19). The van der Waals surface area contributed by atoms with Crippen LogP contribution in [0.4, 0.5) is 11.4 Å². The number of anilines is 2. The maximum absolute atomic E-state index is 11.2. The molecule has 0 spiro atoms. The second-order valence-corrected chi connectivity index (χ2v) is 4.51. The molecule has 0 radical (unpaired) electrons. The zero-order valence-corrected chi connectivity index (χ0v) is 11.6. The fraction of sp³-hybridized carbons (Fsp3) is 0.200. The average molecular weight is 272 g/mol. The molecule has 1 heterocycles. The Morgan fingerprint density at radius 2 is 2.00 bits per heavy atom. The van der Waals surface area contributed by atoms with Gasteiger partial charge in [-0.05, 0) is 37.6 Å². The zero-order chi connectivity index (χ0) is 14.7. The van der Waals surface area contributed by atoms with Crippen LogP contribution >= 0.6 is 0 Å². The molecule has 1 aromatic heterocycles. The van der Waals surface area contributed by atoms with Crippen molar-refractivity contribution >= 4 is 17.3 Å². The highest BCUT2D eigenvalue weighted by molar-refractivity contribution is 5.95. The van der Waals surface area contributed by atoms with Crippen molar-refractivity contribution in [3.63, 3.8) is 0 Å². The van der Waals surface area contributed by atoms with Crippen LogP contribution < -0.4 is 10.1 Å². The topological polar surface area (TPSA) is 71.5 Å². The first-order valence-corrected chi connectivity index (χ1v) is 6.13. The number of pyridine rings is 1. The lowest BCUT2D eigenvalue weighted by atomic mass is 10.1.